The molecule has 1 atom stereocenters. The molecule has 0 radical (unpaired) electrons. The number of hydrogen-bond donors (Lipinski definition) is 1. The Morgan fingerprint density at radius 2 is 2.05 bits per heavy atom. The molecule has 1 heterocycles. The van der Waals surface area contributed by atoms with Crippen molar-refractivity contribution in [1.82, 2.24) is 0 Å². The SMILES string of the molecule is O=S(=O)(c1ccccc1NOCC1CCOC1)C(F)(F)F. The zero-order valence-corrected chi connectivity index (χ0v) is 11.7. The number of hydrogen-bond acceptors (Lipinski definition) is 5. The maximum atomic E-state index is 12.6. The third kappa shape index (κ3) is 3.66. The number of halogens is 3. The fourth-order valence-corrected chi connectivity index (χ4v) is 2.77. The first-order valence-electron chi connectivity index (χ1n) is 6.18. The lowest BCUT2D eigenvalue weighted by Gasteiger charge is -2.15. The van der Waals surface area contributed by atoms with Gasteiger partial charge in [0, 0.05) is 12.5 Å². The summed E-state index contributed by atoms with van der Waals surface area (Å²) in [7, 11) is -5.42. The Hall–Kier alpha value is -1.32. The number of para-hydroxylation sites is 1. The first kappa shape index (κ1) is 16.1. The van der Waals surface area contributed by atoms with E-state index in [2.05, 4.69) is 5.48 Å². The maximum absolute atomic E-state index is 12.6. The van der Waals surface area contributed by atoms with Crippen LogP contribution in [0.4, 0.5) is 18.9 Å². The smallest absolute Gasteiger partial charge is 0.381 e. The Balaban J connectivity index is 2.10. The molecule has 118 valence electrons. The first-order chi connectivity index (χ1) is 9.82. The molecule has 0 bridgehead atoms. The third-order valence-corrected chi connectivity index (χ3v) is 4.55. The molecule has 9 heteroatoms. The molecule has 1 N–H and O–H groups in total. The van der Waals surface area contributed by atoms with Crippen molar-refractivity contribution < 1.29 is 31.2 Å². The number of benzene rings is 1. The van der Waals surface area contributed by atoms with Gasteiger partial charge in [0.15, 0.2) is 0 Å². The number of ether oxygens (including phenoxy) is 1. The minimum Gasteiger partial charge on any atom is -0.381 e. The fourth-order valence-electron chi connectivity index (χ4n) is 1.86. The zero-order valence-electron chi connectivity index (χ0n) is 10.9. The Morgan fingerprint density at radius 1 is 1.33 bits per heavy atom. The Kier molecular flexibility index (Phi) is 4.74. The number of sulfone groups is 1. The van der Waals surface area contributed by atoms with Crippen LogP contribution in [0.1, 0.15) is 6.42 Å². The molecule has 0 spiro atoms. The van der Waals surface area contributed by atoms with E-state index in [1.165, 1.54) is 18.2 Å². The van der Waals surface area contributed by atoms with Gasteiger partial charge in [-0.25, -0.2) is 8.42 Å². The van der Waals surface area contributed by atoms with E-state index in [0.29, 0.717) is 13.2 Å². The summed E-state index contributed by atoms with van der Waals surface area (Å²) in [6.45, 7) is 1.36. The summed E-state index contributed by atoms with van der Waals surface area (Å²) in [4.78, 5) is 4.23. The maximum Gasteiger partial charge on any atom is 0.501 e. The van der Waals surface area contributed by atoms with Crippen LogP contribution in [0, 0.1) is 5.92 Å². The van der Waals surface area contributed by atoms with Crippen molar-refractivity contribution in [2.24, 2.45) is 5.92 Å². The van der Waals surface area contributed by atoms with Crippen LogP contribution in [0.3, 0.4) is 0 Å². The van der Waals surface area contributed by atoms with E-state index in [-0.39, 0.29) is 18.2 Å². The summed E-state index contributed by atoms with van der Waals surface area (Å²) in [6.07, 6.45) is 0.796. The van der Waals surface area contributed by atoms with Crippen molar-refractivity contribution in [2.75, 3.05) is 25.3 Å². The molecule has 1 aliphatic rings. The van der Waals surface area contributed by atoms with E-state index in [1.54, 1.807) is 0 Å². The van der Waals surface area contributed by atoms with Crippen molar-refractivity contribution in [3.05, 3.63) is 24.3 Å². The van der Waals surface area contributed by atoms with Gasteiger partial charge >= 0.3 is 5.51 Å². The van der Waals surface area contributed by atoms with Gasteiger partial charge < -0.3 is 4.74 Å². The lowest BCUT2D eigenvalue weighted by atomic mass is 10.1. The second-order valence-electron chi connectivity index (χ2n) is 4.59. The van der Waals surface area contributed by atoms with Crippen molar-refractivity contribution in [1.29, 1.82) is 0 Å². The van der Waals surface area contributed by atoms with Crippen LogP contribution in [0.15, 0.2) is 29.2 Å². The van der Waals surface area contributed by atoms with E-state index < -0.39 is 20.2 Å². The quantitative estimate of drug-likeness (QED) is 0.842. The van der Waals surface area contributed by atoms with Gasteiger partial charge in [-0.1, -0.05) is 12.1 Å². The predicted octanol–water partition coefficient (Wildman–Crippen LogP) is 2.36. The second kappa shape index (κ2) is 6.20. The normalized spacial score (nSPS) is 19.7. The van der Waals surface area contributed by atoms with Crippen LogP contribution >= 0.6 is 0 Å². The summed E-state index contributed by atoms with van der Waals surface area (Å²) in [6, 6.07) is 4.73. The Bertz CT molecular complexity index is 582. The zero-order chi connectivity index (χ0) is 15.5. The molecule has 0 aliphatic carbocycles. The minimum absolute atomic E-state index is 0.142. The Labute approximate surface area is 119 Å². The van der Waals surface area contributed by atoms with Gasteiger partial charge in [0.05, 0.1) is 18.9 Å². The number of rotatable bonds is 5. The van der Waals surface area contributed by atoms with E-state index in [9.17, 15) is 21.6 Å². The number of anilines is 1. The van der Waals surface area contributed by atoms with E-state index in [1.807, 2.05) is 0 Å². The van der Waals surface area contributed by atoms with Crippen LogP contribution < -0.4 is 5.48 Å². The molecule has 21 heavy (non-hydrogen) atoms. The highest BCUT2D eigenvalue weighted by Gasteiger charge is 2.48. The number of alkyl halides is 3. The standard InChI is InChI=1S/C12H14F3NO4S/c13-12(14,15)21(17,18)11-4-2-1-3-10(11)16-20-8-9-5-6-19-7-9/h1-4,9,16H,5-8H2. The van der Waals surface area contributed by atoms with Gasteiger partial charge in [-0.3, -0.25) is 10.3 Å². The first-order valence-corrected chi connectivity index (χ1v) is 7.66. The van der Waals surface area contributed by atoms with Crippen molar-refractivity contribution in [3.63, 3.8) is 0 Å². The van der Waals surface area contributed by atoms with Gasteiger partial charge in [-0.05, 0) is 18.6 Å². The Morgan fingerprint density at radius 3 is 2.67 bits per heavy atom. The average Bonchev–Trinajstić information content (AvgIpc) is 2.91. The molecule has 0 saturated carbocycles. The van der Waals surface area contributed by atoms with Crippen LogP contribution in [0.5, 0.6) is 0 Å². The second-order valence-corrected chi connectivity index (χ2v) is 6.50. The summed E-state index contributed by atoms with van der Waals surface area (Å²) < 4.78 is 65.8. The molecule has 1 unspecified atom stereocenters. The molecule has 2 rings (SSSR count). The third-order valence-electron chi connectivity index (χ3n) is 3.01. The summed E-state index contributed by atoms with van der Waals surface area (Å²) in [5.74, 6) is 0.142. The van der Waals surface area contributed by atoms with Crippen LogP contribution in [0.2, 0.25) is 0 Å². The van der Waals surface area contributed by atoms with Crippen molar-refractivity contribution >= 4 is 15.5 Å². The average molecular weight is 325 g/mol. The molecule has 0 aromatic heterocycles. The lowest BCUT2D eigenvalue weighted by Crippen LogP contribution is -2.24. The molecule has 0 amide bonds. The molecular weight excluding hydrogens is 311 g/mol. The van der Waals surface area contributed by atoms with Gasteiger partial charge in [-0.15, -0.1) is 0 Å². The molecule has 1 aromatic rings. The molecule has 1 aromatic carbocycles. The lowest BCUT2D eigenvalue weighted by molar-refractivity contribution is -0.0435. The van der Waals surface area contributed by atoms with Gasteiger partial charge in [-0.2, -0.15) is 13.2 Å². The van der Waals surface area contributed by atoms with E-state index in [4.69, 9.17) is 9.57 Å². The topological polar surface area (TPSA) is 64.6 Å². The molecule has 1 saturated heterocycles. The van der Waals surface area contributed by atoms with Crippen LogP contribution in [0.25, 0.3) is 0 Å². The van der Waals surface area contributed by atoms with Crippen LogP contribution in [-0.4, -0.2) is 33.7 Å². The predicted molar refractivity (Wildman–Crippen MR) is 68.2 cm³/mol. The van der Waals surface area contributed by atoms with Gasteiger partial charge in [0.2, 0.25) is 0 Å². The van der Waals surface area contributed by atoms with E-state index in [0.717, 1.165) is 12.5 Å². The van der Waals surface area contributed by atoms with Crippen molar-refractivity contribution in [2.45, 2.75) is 16.8 Å². The number of nitrogens with one attached hydrogen (secondary N) is 1. The minimum atomic E-state index is -5.42. The highest BCUT2D eigenvalue weighted by molar-refractivity contribution is 7.92. The summed E-state index contributed by atoms with van der Waals surface area (Å²) in [5, 5.41) is 0. The summed E-state index contributed by atoms with van der Waals surface area (Å²) >= 11 is 0. The highest BCUT2D eigenvalue weighted by Crippen LogP contribution is 2.34. The molecular formula is C12H14F3NO4S. The monoisotopic (exact) mass is 325 g/mol. The molecule has 5 nitrogen and oxygen atoms in total. The largest absolute Gasteiger partial charge is 0.501 e. The van der Waals surface area contributed by atoms with Gasteiger partial charge in [0.25, 0.3) is 9.84 Å². The van der Waals surface area contributed by atoms with Gasteiger partial charge in [0.1, 0.15) is 4.90 Å². The van der Waals surface area contributed by atoms with E-state index >= 15 is 0 Å². The van der Waals surface area contributed by atoms with Crippen LogP contribution in [-0.2, 0) is 19.4 Å². The molecule has 1 fully saturated rings. The molecule has 1 aliphatic heterocycles. The summed E-state index contributed by atoms with van der Waals surface area (Å²) in [5.41, 5.74) is -3.32. The fraction of sp³-hybridized carbons (Fsp3) is 0.500. The highest BCUT2D eigenvalue weighted by atomic mass is 32.2. The van der Waals surface area contributed by atoms with Crippen molar-refractivity contribution in [3.8, 4) is 0 Å².